The fourth-order valence-corrected chi connectivity index (χ4v) is 6.04. The van der Waals surface area contributed by atoms with E-state index in [-0.39, 0.29) is 51.7 Å². The van der Waals surface area contributed by atoms with E-state index in [9.17, 15) is 9.59 Å². The van der Waals surface area contributed by atoms with Crippen molar-refractivity contribution in [2.75, 3.05) is 31.1 Å². The molecular weight excluding hydrogens is 554 g/mol. The van der Waals surface area contributed by atoms with E-state index in [1.807, 2.05) is 32.6 Å². The van der Waals surface area contributed by atoms with Crippen LogP contribution in [0.5, 0.6) is 5.75 Å². The number of rotatable bonds is 5. The zero-order valence-electron chi connectivity index (χ0n) is 24.5. The number of ether oxygens (including phenoxy) is 1. The first-order chi connectivity index (χ1) is 20.6. The van der Waals surface area contributed by atoms with Crippen molar-refractivity contribution in [1.29, 1.82) is 0 Å². The van der Waals surface area contributed by atoms with Crippen molar-refractivity contribution in [2.24, 2.45) is 0 Å². The molecule has 3 aromatic heterocycles. The highest BCUT2D eigenvalue weighted by Crippen LogP contribution is 2.41. The van der Waals surface area contributed by atoms with E-state index in [1.54, 1.807) is 23.2 Å². The van der Waals surface area contributed by atoms with E-state index in [0.717, 1.165) is 11.1 Å². The molecule has 222 valence electrons. The SMILES string of the molecule is C=CC(=O)N1CCN(c2nc(=O)n(-c3c(C)ccnc3C(C)C)c3nc(-c4c(F)ccc5c4OCC5)c(F)cc23)[C@@H](C)C1. The van der Waals surface area contributed by atoms with E-state index >= 15 is 8.78 Å². The van der Waals surface area contributed by atoms with Crippen LogP contribution in [0.15, 0.2) is 47.9 Å². The molecule has 0 bridgehead atoms. The number of amides is 1. The molecule has 6 rings (SSSR count). The molecule has 5 heterocycles. The van der Waals surface area contributed by atoms with Crippen LogP contribution in [0.2, 0.25) is 0 Å². The Bertz CT molecular complexity index is 1850. The molecule has 43 heavy (non-hydrogen) atoms. The number of hydrogen-bond donors (Lipinski definition) is 0. The van der Waals surface area contributed by atoms with Crippen molar-refractivity contribution in [3.05, 3.63) is 82.1 Å². The summed E-state index contributed by atoms with van der Waals surface area (Å²) in [5.74, 6) is -1.20. The minimum Gasteiger partial charge on any atom is -0.492 e. The zero-order valence-corrected chi connectivity index (χ0v) is 24.5. The number of fused-ring (bicyclic) bond motifs is 2. The van der Waals surface area contributed by atoms with Gasteiger partial charge in [-0.05, 0) is 55.2 Å². The highest BCUT2D eigenvalue weighted by molar-refractivity contribution is 5.91. The summed E-state index contributed by atoms with van der Waals surface area (Å²) in [6.45, 7) is 12.7. The van der Waals surface area contributed by atoms with Gasteiger partial charge in [0.15, 0.2) is 11.5 Å². The number of aromatic nitrogens is 4. The van der Waals surface area contributed by atoms with Crippen LogP contribution in [-0.2, 0) is 11.2 Å². The third-order valence-corrected chi connectivity index (χ3v) is 8.16. The lowest BCUT2D eigenvalue weighted by atomic mass is 10.0. The van der Waals surface area contributed by atoms with Crippen LogP contribution < -0.4 is 15.3 Å². The maximum absolute atomic E-state index is 16.1. The standard InChI is InChI=1S/C32H32F2N6O3/c1-6-24(41)38-12-13-39(19(5)16-38)30-21-15-23(34)27(25-22(33)8-7-20-10-14-43-29(20)25)36-31(21)40(32(42)37-30)28-18(4)9-11-35-26(28)17(2)3/h6-9,11,15,17,19H,1,10,12-14,16H2,2-5H3/t19-/m0/s1. The fourth-order valence-electron chi connectivity index (χ4n) is 6.04. The highest BCUT2D eigenvalue weighted by Gasteiger charge is 2.32. The first-order valence-corrected chi connectivity index (χ1v) is 14.3. The van der Waals surface area contributed by atoms with Gasteiger partial charge in [0.2, 0.25) is 5.91 Å². The quantitative estimate of drug-likeness (QED) is 0.313. The summed E-state index contributed by atoms with van der Waals surface area (Å²) >= 11 is 0. The number of benzene rings is 1. The highest BCUT2D eigenvalue weighted by atomic mass is 19.1. The molecule has 0 aliphatic carbocycles. The Morgan fingerprint density at radius 3 is 2.67 bits per heavy atom. The van der Waals surface area contributed by atoms with Crippen LogP contribution in [0.4, 0.5) is 14.6 Å². The molecule has 1 atom stereocenters. The van der Waals surface area contributed by atoms with Crippen LogP contribution in [0.1, 0.15) is 43.5 Å². The van der Waals surface area contributed by atoms with Crippen molar-refractivity contribution in [2.45, 2.75) is 46.1 Å². The van der Waals surface area contributed by atoms with E-state index in [2.05, 4.69) is 16.5 Å². The van der Waals surface area contributed by atoms with Crippen molar-refractivity contribution < 1.29 is 18.3 Å². The number of carbonyl (C=O) groups is 1. The number of aryl methyl sites for hydroxylation is 1. The summed E-state index contributed by atoms with van der Waals surface area (Å²) in [4.78, 5) is 43.6. The Morgan fingerprint density at radius 1 is 1.16 bits per heavy atom. The van der Waals surface area contributed by atoms with E-state index in [0.29, 0.717) is 44.0 Å². The zero-order chi connectivity index (χ0) is 30.6. The summed E-state index contributed by atoms with van der Waals surface area (Å²) in [6.07, 6.45) is 3.51. The largest absolute Gasteiger partial charge is 0.492 e. The van der Waals surface area contributed by atoms with Crippen LogP contribution in [-0.4, -0.2) is 62.6 Å². The van der Waals surface area contributed by atoms with Crippen LogP contribution in [0, 0.1) is 18.6 Å². The lowest BCUT2D eigenvalue weighted by Crippen LogP contribution is -2.54. The van der Waals surface area contributed by atoms with Gasteiger partial charge in [0.25, 0.3) is 0 Å². The molecule has 0 N–H and O–H groups in total. The van der Waals surface area contributed by atoms with Gasteiger partial charge >= 0.3 is 5.69 Å². The van der Waals surface area contributed by atoms with E-state index < -0.39 is 17.3 Å². The summed E-state index contributed by atoms with van der Waals surface area (Å²) < 4.78 is 38.6. The van der Waals surface area contributed by atoms with Gasteiger partial charge in [-0.2, -0.15) is 4.98 Å². The smallest absolute Gasteiger partial charge is 0.355 e. The second-order valence-corrected chi connectivity index (χ2v) is 11.3. The van der Waals surface area contributed by atoms with Gasteiger partial charge in [0, 0.05) is 38.3 Å². The predicted molar refractivity (Wildman–Crippen MR) is 160 cm³/mol. The first-order valence-electron chi connectivity index (χ1n) is 14.3. The lowest BCUT2D eigenvalue weighted by Gasteiger charge is -2.40. The average Bonchev–Trinajstić information content (AvgIpc) is 3.46. The lowest BCUT2D eigenvalue weighted by molar-refractivity contribution is -0.126. The molecule has 0 unspecified atom stereocenters. The van der Waals surface area contributed by atoms with Gasteiger partial charge in [-0.3, -0.25) is 9.78 Å². The molecule has 1 amide bonds. The molecular formula is C32H32F2N6O3. The molecule has 0 saturated carbocycles. The number of nitrogens with zero attached hydrogens (tertiary/aromatic N) is 6. The normalized spacial score (nSPS) is 16.5. The summed E-state index contributed by atoms with van der Waals surface area (Å²) in [7, 11) is 0. The van der Waals surface area contributed by atoms with Crippen LogP contribution in [0.3, 0.4) is 0 Å². The number of hydrogen-bond acceptors (Lipinski definition) is 7. The molecule has 1 fully saturated rings. The molecule has 0 radical (unpaired) electrons. The first kappa shape index (κ1) is 28.4. The van der Waals surface area contributed by atoms with Crippen LogP contribution >= 0.6 is 0 Å². The summed E-state index contributed by atoms with van der Waals surface area (Å²) in [5.41, 5.74) is 1.82. The number of carbonyl (C=O) groups excluding carboxylic acids is 1. The van der Waals surface area contributed by atoms with Crippen molar-refractivity contribution in [1.82, 2.24) is 24.4 Å². The molecule has 11 heteroatoms. The van der Waals surface area contributed by atoms with Crippen molar-refractivity contribution in [3.63, 3.8) is 0 Å². The van der Waals surface area contributed by atoms with Crippen LogP contribution in [0.25, 0.3) is 28.0 Å². The minimum absolute atomic E-state index is 0.0600. The predicted octanol–water partition coefficient (Wildman–Crippen LogP) is 4.71. The molecule has 1 aromatic carbocycles. The molecule has 9 nitrogen and oxygen atoms in total. The number of piperazine rings is 1. The maximum atomic E-state index is 16.1. The fraction of sp³-hybridized carbons (Fsp3) is 0.344. The Balaban J connectivity index is 1.65. The van der Waals surface area contributed by atoms with Crippen molar-refractivity contribution >= 4 is 22.8 Å². The Kier molecular flexibility index (Phi) is 7.19. The molecule has 2 aliphatic rings. The summed E-state index contributed by atoms with van der Waals surface area (Å²) in [5, 5.41) is 0.281. The number of halogens is 2. The molecule has 2 aliphatic heterocycles. The maximum Gasteiger partial charge on any atom is 0.355 e. The average molecular weight is 587 g/mol. The third kappa shape index (κ3) is 4.72. The molecule has 0 spiro atoms. The summed E-state index contributed by atoms with van der Waals surface area (Å²) in [6, 6.07) is 5.71. The van der Waals surface area contributed by atoms with Gasteiger partial charge in [-0.15, -0.1) is 0 Å². The molecule has 1 saturated heterocycles. The van der Waals surface area contributed by atoms with Gasteiger partial charge in [-0.1, -0.05) is 26.5 Å². The van der Waals surface area contributed by atoms with Gasteiger partial charge < -0.3 is 14.5 Å². The monoisotopic (exact) mass is 586 g/mol. The topological polar surface area (TPSA) is 93.5 Å². The van der Waals surface area contributed by atoms with Crippen molar-refractivity contribution in [3.8, 4) is 22.7 Å². The Morgan fingerprint density at radius 2 is 1.95 bits per heavy atom. The van der Waals surface area contributed by atoms with Gasteiger partial charge in [0.05, 0.1) is 28.9 Å². The second-order valence-electron chi connectivity index (χ2n) is 11.3. The van der Waals surface area contributed by atoms with Gasteiger partial charge in [-0.25, -0.2) is 23.1 Å². The Hall–Kier alpha value is -4.67. The molecule has 4 aromatic rings. The Labute approximate surface area is 247 Å². The number of pyridine rings is 2. The number of anilines is 1. The second kappa shape index (κ2) is 10.9. The third-order valence-electron chi connectivity index (χ3n) is 8.16. The van der Waals surface area contributed by atoms with Gasteiger partial charge in [0.1, 0.15) is 23.1 Å². The minimum atomic E-state index is -0.774. The van der Waals surface area contributed by atoms with E-state index in [1.165, 1.54) is 22.8 Å². The van der Waals surface area contributed by atoms with E-state index in [4.69, 9.17) is 9.72 Å².